The van der Waals surface area contributed by atoms with Gasteiger partial charge in [0.2, 0.25) is 0 Å². The van der Waals surface area contributed by atoms with Crippen molar-refractivity contribution in [2.24, 2.45) is 0 Å². The van der Waals surface area contributed by atoms with Crippen molar-refractivity contribution in [3.8, 4) is 5.75 Å². The van der Waals surface area contributed by atoms with Crippen LogP contribution >= 0.6 is 11.6 Å². The zero-order valence-electron chi connectivity index (χ0n) is 13.9. The van der Waals surface area contributed by atoms with Gasteiger partial charge in [-0.05, 0) is 55.3 Å². The molecule has 0 aromatic heterocycles. The molecule has 4 nitrogen and oxygen atoms in total. The third-order valence-corrected chi connectivity index (χ3v) is 5.70. The molecule has 0 aliphatic carbocycles. The number of hydrogen-bond donors (Lipinski definition) is 0. The number of hydrogen-bond acceptors (Lipinski definition) is 3. The molecule has 2 rings (SSSR count). The molecule has 0 aliphatic heterocycles. The maximum Gasteiger partial charge on any atom is 0.264 e. The van der Waals surface area contributed by atoms with Crippen molar-refractivity contribution in [1.82, 2.24) is 0 Å². The number of sulfonamides is 1. The second kappa shape index (κ2) is 7.28. The zero-order chi connectivity index (χ0) is 17.9. The van der Waals surface area contributed by atoms with Crippen LogP contribution in [0.4, 0.5) is 5.69 Å². The van der Waals surface area contributed by atoms with E-state index in [1.165, 1.54) is 10.4 Å². The summed E-state index contributed by atoms with van der Waals surface area (Å²) in [6.45, 7) is 7.47. The summed E-state index contributed by atoms with van der Waals surface area (Å²) in [5.74, 6) is 0.642. The molecule has 24 heavy (non-hydrogen) atoms. The standard InChI is InChI=1S/C18H20ClNO3S/c1-5-10-20(17-12-15(19)7-6-13(17)2)24(21,22)16-8-9-18(23-4)14(3)11-16/h5-9,11-12H,1,10H2,2-4H3. The summed E-state index contributed by atoms with van der Waals surface area (Å²) in [6, 6.07) is 9.97. The summed E-state index contributed by atoms with van der Waals surface area (Å²) in [5.41, 5.74) is 2.10. The number of nitrogens with zero attached hydrogens (tertiary/aromatic N) is 1. The molecule has 0 aliphatic rings. The number of anilines is 1. The molecule has 0 saturated heterocycles. The molecule has 6 heteroatoms. The van der Waals surface area contributed by atoms with Crippen LogP contribution in [0, 0.1) is 13.8 Å². The lowest BCUT2D eigenvalue weighted by atomic mass is 10.2. The van der Waals surface area contributed by atoms with Crippen LogP contribution in [0.15, 0.2) is 53.9 Å². The maximum absolute atomic E-state index is 13.1. The molecular weight excluding hydrogens is 346 g/mol. The summed E-state index contributed by atoms with van der Waals surface area (Å²) < 4.78 is 32.8. The van der Waals surface area contributed by atoms with Gasteiger partial charge in [0.1, 0.15) is 5.75 Å². The Labute approximate surface area is 148 Å². The average Bonchev–Trinajstić information content (AvgIpc) is 2.54. The molecule has 128 valence electrons. The van der Waals surface area contributed by atoms with Gasteiger partial charge in [-0.3, -0.25) is 4.31 Å². The predicted molar refractivity (Wildman–Crippen MR) is 98.6 cm³/mol. The van der Waals surface area contributed by atoms with Crippen molar-refractivity contribution in [2.75, 3.05) is 18.0 Å². The number of methoxy groups -OCH3 is 1. The van der Waals surface area contributed by atoms with E-state index in [0.717, 1.165) is 11.1 Å². The normalized spacial score (nSPS) is 11.2. The Morgan fingerprint density at radius 1 is 1.17 bits per heavy atom. The van der Waals surface area contributed by atoms with Crippen LogP contribution in [0.5, 0.6) is 5.75 Å². The molecule has 0 heterocycles. The third-order valence-electron chi connectivity index (χ3n) is 3.69. The van der Waals surface area contributed by atoms with E-state index in [-0.39, 0.29) is 11.4 Å². The molecular formula is C18H20ClNO3S. The average molecular weight is 366 g/mol. The first kappa shape index (κ1) is 18.4. The van der Waals surface area contributed by atoms with Crippen LogP contribution in [0.3, 0.4) is 0 Å². The van der Waals surface area contributed by atoms with Crippen LogP contribution < -0.4 is 9.04 Å². The van der Waals surface area contributed by atoms with Crippen LogP contribution in [-0.4, -0.2) is 22.1 Å². The van der Waals surface area contributed by atoms with E-state index in [0.29, 0.717) is 16.5 Å². The van der Waals surface area contributed by atoms with Crippen molar-refractivity contribution >= 4 is 27.3 Å². The summed E-state index contributed by atoms with van der Waals surface area (Å²) in [7, 11) is -2.20. The highest BCUT2D eigenvalue weighted by Gasteiger charge is 2.26. The Kier molecular flexibility index (Phi) is 5.57. The van der Waals surface area contributed by atoms with Gasteiger partial charge in [-0.15, -0.1) is 6.58 Å². The van der Waals surface area contributed by atoms with E-state index < -0.39 is 10.0 Å². The Balaban J connectivity index is 2.59. The van der Waals surface area contributed by atoms with Crippen LogP contribution in [0.25, 0.3) is 0 Å². The Morgan fingerprint density at radius 3 is 2.46 bits per heavy atom. The van der Waals surface area contributed by atoms with Gasteiger partial charge in [-0.1, -0.05) is 23.7 Å². The topological polar surface area (TPSA) is 46.6 Å². The molecule has 0 spiro atoms. The van der Waals surface area contributed by atoms with Gasteiger partial charge in [0, 0.05) is 5.02 Å². The number of aryl methyl sites for hydroxylation is 2. The van der Waals surface area contributed by atoms with E-state index in [4.69, 9.17) is 16.3 Å². The maximum atomic E-state index is 13.1. The second-order valence-corrected chi connectivity index (χ2v) is 7.69. The van der Waals surface area contributed by atoms with Crippen LogP contribution in [-0.2, 0) is 10.0 Å². The van der Waals surface area contributed by atoms with Crippen LogP contribution in [0.2, 0.25) is 5.02 Å². The first-order chi connectivity index (χ1) is 11.3. The number of ether oxygens (including phenoxy) is 1. The molecule has 0 saturated carbocycles. The van der Waals surface area contributed by atoms with Gasteiger partial charge in [-0.25, -0.2) is 8.42 Å². The summed E-state index contributed by atoms with van der Waals surface area (Å²) >= 11 is 6.06. The highest BCUT2D eigenvalue weighted by molar-refractivity contribution is 7.92. The number of halogens is 1. The first-order valence-corrected chi connectivity index (χ1v) is 9.17. The van der Waals surface area contributed by atoms with E-state index in [2.05, 4.69) is 6.58 Å². The summed E-state index contributed by atoms with van der Waals surface area (Å²) in [5, 5.41) is 0.478. The molecule has 0 unspecified atom stereocenters. The Hall–Kier alpha value is -1.98. The largest absolute Gasteiger partial charge is 0.496 e. The number of benzene rings is 2. The van der Waals surface area contributed by atoms with Gasteiger partial charge in [-0.2, -0.15) is 0 Å². The quantitative estimate of drug-likeness (QED) is 0.715. The van der Waals surface area contributed by atoms with E-state index in [9.17, 15) is 8.42 Å². The smallest absolute Gasteiger partial charge is 0.264 e. The minimum absolute atomic E-state index is 0.147. The Morgan fingerprint density at radius 2 is 1.88 bits per heavy atom. The molecule has 0 atom stereocenters. The molecule has 2 aromatic carbocycles. The van der Waals surface area contributed by atoms with Gasteiger partial charge >= 0.3 is 0 Å². The van der Waals surface area contributed by atoms with Crippen molar-refractivity contribution in [2.45, 2.75) is 18.7 Å². The highest BCUT2D eigenvalue weighted by atomic mass is 35.5. The molecule has 0 radical (unpaired) electrons. The fraction of sp³-hybridized carbons (Fsp3) is 0.222. The van der Waals surface area contributed by atoms with Crippen molar-refractivity contribution in [3.05, 3.63) is 65.2 Å². The van der Waals surface area contributed by atoms with Crippen molar-refractivity contribution < 1.29 is 13.2 Å². The Bertz CT molecular complexity index is 863. The lowest BCUT2D eigenvalue weighted by Gasteiger charge is -2.25. The first-order valence-electron chi connectivity index (χ1n) is 7.35. The van der Waals surface area contributed by atoms with Crippen molar-refractivity contribution in [1.29, 1.82) is 0 Å². The minimum Gasteiger partial charge on any atom is -0.496 e. The lowest BCUT2D eigenvalue weighted by Crippen LogP contribution is -2.31. The fourth-order valence-corrected chi connectivity index (χ4v) is 4.18. The van der Waals surface area contributed by atoms with Gasteiger partial charge in [0.05, 0.1) is 24.2 Å². The summed E-state index contributed by atoms with van der Waals surface area (Å²) in [4.78, 5) is 0.196. The lowest BCUT2D eigenvalue weighted by molar-refractivity contribution is 0.411. The molecule has 2 aromatic rings. The third kappa shape index (κ3) is 3.57. The zero-order valence-corrected chi connectivity index (χ0v) is 15.5. The van der Waals surface area contributed by atoms with Crippen LogP contribution in [0.1, 0.15) is 11.1 Å². The SMILES string of the molecule is C=CCN(c1cc(Cl)ccc1C)S(=O)(=O)c1ccc(OC)c(C)c1. The van der Waals surface area contributed by atoms with E-state index in [1.807, 2.05) is 6.92 Å². The predicted octanol–water partition coefficient (Wildman–Crippen LogP) is 4.35. The van der Waals surface area contributed by atoms with E-state index in [1.54, 1.807) is 50.4 Å². The van der Waals surface area contributed by atoms with Gasteiger partial charge in [0.25, 0.3) is 10.0 Å². The highest BCUT2D eigenvalue weighted by Crippen LogP contribution is 2.31. The summed E-state index contributed by atoms with van der Waals surface area (Å²) in [6.07, 6.45) is 1.55. The monoisotopic (exact) mass is 365 g/mol. The molecule has 0 amide bonds. The van der Waals surface area contributed by atoms with Gasteiger partial charge in [0.15, 0.2) is 0 Å². The second-order valence-electron chi connectivity index (χ2n) is 5.39. The molecule has 0 fully saturated rings. The minimum atomic E-state index is -3.76. The van der Waals surface area contributed by atoms with Gasteiger partial charge < -0.3 is 4.74 Å². The fourth-order valence-electron chi connectivity index (χ4n) is 2.43. The van der Waals surface area contributed by atoms with Crippen molar-refractivity contribution in [3.63, 3.8) is 0 Å². The van der Waals surface area contributed by atoms with E-state index >= 15 is 0 Å². The molecule has 0 bridgehead atoms. The number of rotatable bonds is 6. The molecule has 0 N–H and O–H groups in total.